The van der Waals surface area contributed by atoms with Crippen LogP contribution in [0.3, 0.4) is 0 Å². The van der Waals surface area contributed by atoms with Crippen LogP contribution in [0.2, 0.25) is 5.02 Å². The molecule has 1 aromatic heterocycles. The Hall–Kier alpha value is -1.50. The summed E-state index contributed by atoms with van der Waals surface area (Å²) >= 11 is 9.67. The van der Waals surface area contributed by atoms with Gasteiger partial charge in [-0.25, -0.2) is 0 Å². The van der Waals surface area contributed by atoms with Gasteiger partial charge in [0.1, 0.15) is 0 Å². The lowest BCUT2D eigenvalue weighted by Gasteiger charge is -2.28. The maximum atomic E-state index is 12.5. The van der Waals surface area contributed by atoms with E-state index in [2.05, 4.69) is 16.8 Å². The second-order valence-electron chi connectivity index (χ2n) is 6.87. The van der Waals surface area contributed by atoms with E-state index >= 15 is 0 Å². The van der Waals surface area contributed by atoms with E-state index < -0.39 is 0 Å². The minimum atomic E-state index is -0.0700. The molecule has 2 amide bonds. The molecule has 1 unspecified atom stereocenters. The molecule has 1 atom stereocenters. The highest BCUT2D eigenvalue weighted by Crippen LogP contribution is 2.37. The summed E-state index contributed by atoms with van der Waals surface area (Å²) in [6.07, 6.45) is 2.29. The molecule has 0 aliphatic carbocycles. The molecule has 7 heteroatoms. The minimum absolute atomic E-state index is 0.0223. The standard InChI is InChI=1S/C20H21ClN2O2S2/c21-14-1-2-18-15(11-14)16(7-10-27-18)22-19(24)3-4-20(25)23-8-5-17-13(12-23)6-9-26-17/h1-2,6,9,11,16H,3-5,7-8,10,12H2,(H,22,24). The fourth-order valence-electron chi connectivity index (χ4n) is 3.62. The van der Waals surface area contributed by atoms with Crippen LogP contribution in [0.4, 0.5) is 0 Å². The van der Waals surface area contributed by atoms with E-state index in [1.165, 1.54) is 15.3 Å². The van der Waals surface area contributed by atoms with E-state index in [1.807, 2.05) is 23.1 Å². The Labute approximate surface area is 172 Å². The van der Waals surface area contributed by atoms with Crippen LogP contribution in [0.5, 0.6) is 0 Å². The molecule has 142 valence electrons. The van der Waals surface area contributed by atoms with Crippen LogP contribution in [0.1, 0.15) is 41.3 Å². The SMILES string of the molecule is O=C(CCC(=O)N1CCc2sccc2C1)NC1CCSc2ccc(Cl)cc21. The summed E-state index contributed by atoms with van der Waals surface area (Å²) in [5.74, 6) is 0.957. The number of nitrogens with zero attached hydrogens (tertiary/aromatic N) is 1. The maximum absolute atomic E-state index is 12.5. The number of fused-ring (bicyclic) bond motifs is 2. The van der Waals surface area contributed by atoms with Gasteiger partial charge in [-0.05, 0) is 53.6 Å². The van der Waals surface area contributed by atoms with Crippen LogP contribution in [0.25, 0.3) is 0 Å². The summed E-state index contributed by atoms with van der Waals surface area (Å²) in [4.78, 5) is 29.4. The highest BCUT2D eigenvalue weighted by atomic mass is 35.5. The fraction of sp³-hybridized carbons (Fsp3) is 0.400. The number of thioether (sulfide) groups is 1. The van der Waals surface area contributed by atoms with E-state index in [-0.39, 0.29) is 30.7 Å². The van der Waals surface area contributed by atoms with Gasteiger partial charge in [-0.1, -0.05) is 11.6 Å². The van der Waals surface area contributed by atoms with Crippen molar-refractivity contribution in [1.82, 2.24) is 10.2 Å². The third-order valence-corrected chi connectivity index (χ3v) is 7.45. The van der Waals surface area contributed by atoms with Crippen molar-refractivity contribution < 1.29 is 9.59 Å². The number of nitrogens with one attached hydrogen (secondary N) is 1. The van der Waals surface area contributed by atoms with Gasteiger partial charge in [0.2, 0.25) is 11.8 Å². The van der Waals surface area contributed by atoms with Crippen molar-refractivity contribution in [2.24, 2.45) is 0 Å². The first kappa shape index (κ1) is 18.8. The number of thiophene rings is 1. The fourth-order valence-corrected chi connectivity index (χ4v) is 5.80. The quantitative estimate of drug-likeness (QED) is 0.796. The Morgan fingerprint density at radius 2 is 2.15 bits per heavy atom. The molecule has 0 spiro atoms. The third-order valence-electron chi connectivity index (χ3n) is 5.07. The molecule has 2 aliphatic rings. The monoisotopic (exact) mass is 420 g/mol. The molecular weight excluding hydrogens is 400 g/mol. The first-order valence-corrected chi connectivity index (χ1v) is 11.4. The maximum Gasteiger partial charge on any atom is 0.223 e. The molecular formula is C20H21ClN2O2S2. The summed E-state index contributed by atoms with van der Waals surface area (Å²) in [6, 6.07) is 7.90. The molecule has 3 heterocycles. The topological polar surface area (TPSA) is 49.4 Å². The summed E-state index contributed by atoms with van der Waals surface area (Å²) < 4.78 is 0. The predicted molar refractivity (Wildman–Crippen MR) is 110 cm³/mol. The molecule has 4 nitrogen and oxygen atoms in total. The van der Waals surface area contributed by atoms with Crippen LogP contribution < -0.4 is 5.32 Å². The van der Waals surface area contributed by atoms with E-state index in [0.29, 0.717) is 11.6 Å². The molecule has 0 saturated carbocycles. The van der Waals surface area contributed by atoms with Gasteiger partial charge in [0, 0.05) is 46.5 Å². The third kappa shape index (κ3) is 4.33. The van der Waals surface area contributed by atoms with Crippen LogP contribution in [-0.2, 0) is 22.6 Å². The highest BCUT2D eigenvalue weighted by molar-refractivity contribution is 7.99. The molecule has 2 aromatic rings. The van der Waals surface area contributed by atoms with Crippen LogP contribution >= 0.6 is 34.7 Å². The summed E-state index contributed by atoms with van der Waals surface area (Å²) in [5.41, 5.74) is 2.33. The van der Waals surface area contributed by atoms with E-state index in [4.69, 9.17) is 11.6 Å². The van der Waals surface area contributed by atoms with Gasteiger partial charge >= 0.3 is 0 Å². The van der Waals surface area contributed by atoms with Crippen molar-refractivity contribution in [3.05, 3.63) is 50.7 Å². The molecule has 4 rings (SSSR count). The average Bonchev–Trinajstić information content (AvgIpc) is 3.14. The number of benzene rings is 1. The number of carbonyl (C=O) groups excluding carboxylic acids is 2. The van der Waals surface area contributed by atoms with Crippen molar-refractivity contribution in [3.63, 3.8) is 0 Å². The summed E-state index contributed by atoms with van der Waals surface area (Å²) in [5, 5.41) is 5.86. The smallest absolute Gasteiger partial charge is 0.223 e. The molecule has 0 fully saturated rings. The number of hydrogen-bond donors (Lipinski definition) is 1. The lowest BCUT2D eigenvalue weighted by Crippen LogP contribution is -2.36. The highest BCUT2D eigenvalue weighted by Gasteiger charge is 2.24. The Morgan fingerprint density at radius 1 is 1.26 bits per heavy atom. The van der Waals surface area contributed by atoms with Crippen molar-refractivity contribution in [3.8, 4) is 0 Å². The first-order chi connectivity index (χ1) is 13.1. The molecule has 0 saturated heterocycles. The molecule has 0 bridgehead atoms. The van der Waals surface area contributed by atoms with Crippen molar-refractivity contribution in [1.29, 1.82) is 0 Å². The second-order valence-corrected chi connectivity index (χ2v) is 9.45. The van der Waals surface area contributed by atoms with Crippen molar-refractivity contribution >= 4 is 46.5 Å². The number of rotatable bonds is 4. The first-order valence-electron chi connectivity index (χ1n) is 9.15. The zero-order valence-electron chi connectivity index (χ0n) is 14.9. The second kappa shape index (κ2) is 8.25. The van der Waals surface area contributed by atoms with Gasteiger partial charge in [-0.15, -0.1) is 23.1 Å². The molecule has 27 heavy (non-hydrogen) atoms. The predicted octanol–water partition coefficient (Wildman–Crippen LogP) is 4.42. The van der Waals surface area contributed by atoms with Crippen LogP contribution in [-0.4, -0.2) is 29.0 Å². The van der Waals surface area contributed by atoms with Gasteiger partial charge in [-0.3, -0.25) is 9.59 Å². The van der Waals surface area contributed by atoms with Crippen LogP contribution in [0, 0.1) is 0 Å². The zero-order valence-corrected chi connectivity index (χ0v) is 17.3. The lowest BCUT2D eigenvalue weighted by molar-refractivity contribution is -0.134. The molecule has 0 radical (unpaired) electrons. The van der Waals surface area contributed by atoms with Gasteiger partial charge < -0.3 is 10.2 Å². The average molecular weight is 421 g/mol. The zero-order chi connectivity index (χ0) is 18.8. The number of hydrogen-bond acceptors (Lipinski definition) is 4. The van der Waals surface area contributed by atoms with Crippen LogP contribution in [0.15, 0.2) is 34.5 Å². The van der Waals surface area contributed by atoms with E-state index in [0.717, 1.165) is 30.7 Å². The van der Waals surface area contributed by atoms with Gasteiger partial charge in [0.15, 0.2) is 0 Å². The molecule has 1 N–H and O–H groups in total. The number of amides is 2. The Kier molecular flexibility index (Phi) is 5.76. The Balaban J connectivity index is 1.31. The van der Waals surface area contributed by atoms with Gasteiger partial charge in [-0.2, -0.15) is 0 Å². The largest absolute Gasteiger partial charge is 0.349 e. The van der Waals surface area contributed by atoms with E-state index in [9.17, 15) is 9.59 Å². The Morgan fingerprint density at radius 3 is 3.04 bits per heavy atom. The van der Waals surface area contributed by atoms with Gasteiger partial charge in [0.05, 0.1) is 6.04 Å². The molecule has 2 aliphatic heterocycles. The normalized spacial score (nSPS) is 18.6. The summed E-state index contributed by atoms with van der Waals surface area (Å²) in [7, 11) is 0. The summed E-state index contributed by atoms with van der Waals surface area (Å²) in [6.45, 7) is 1.42. The Bertz CT molecular complexity index is 867. The number of carbonyl (C=O) groups is 2. The number of halogens is 1. The molecule has 1 aromatic carbocycles. The van der Waals surface area contributed by atoms with Gasteiger partial charge in [0.25, 0.3) is 0 Å². The van der Waals surface area contributed by atoms with Crippen molar-refractivity contribution in [2.45, 2.75) is 43.2 Å². The minimum Gasteiger partial charge on any atom is -0.349 e. The van der Waals surface area contributed by atoms with E-state index in [1.54, 1.807) is 23.1 Å². The van der Waals surface area contributed by atoms with Crippen molar-refractivity contribution in [2.75, 3.05) is 12.3 Å². The lowest BCUT2D eigenvalue weighted by atomic mass is 10.0.